The maximum Gasteiger partial charge on any atom is 0.338 e. The van der Waals surface area contributed by atoms with Crippen molar-refractivity contribution in [1.82, 2.24) is 0 Å². The third kappa shape index (κ3) is 4.66. The Morgan fingerprint density at radius 3 is 1.55 bits per heavy atom. The summed E-state index contributed by atoms with van der Waals surface area (Å²) in [6.45, 7) is 5.97. The van der Waals surface area contributed by atoms with Crippen LogP contribution in [0.4, 0.5) is 11.4 Å². The minimum atomic E-state index is -0.484. The van der Waals surface area contributed by atoms with Gasteiger partial charge in [0.25, 0.3) is 0 Å². The van der Waals surface area contributed by atoms with E-state index in [0.29, 0.717) is 27.9 Å². The van der Waals surface area contributed by atoms with E-state index in [9.17, 15) is 9.59 Å². The van der Waals surface area contributed by atoms with Crippen molar-refractivity contribution in [2.75, 3.05) is 13.2 Å². The summed E-state index contributed by atoms with van der Waals surface area (Å²) in [6.07, 6.45) is 0. The SMILES string of the molecule is CCOC(=O)c1cc(C(=O)OCC)c2ccc(N=Nc3ccc(C)cc3)ccc1-2. The normalized spacial score (nSPS) is 11.0. The molecular formula is C23H22N2O4. The van der Waals surface area contributed by atoms with Crippen LogP contribution in [0.15, 0.2) is 64.8 Å². The van der Waals surface area contributed by atoms with E-state index in [-0.39, 0.29) is 13.2 Å². The Kier molecular flexibility index (Phi) is 6.34. The van der Waals surface area contributed by atoms with Crippen LogP contribution in [0.2, 0.25) is 0 Å². The van der Waals surface area contributed by atoms with Gasteiger partial charge in [0.1, 0.15) is 0 Å². The van der Waals surface area contributed by atoms with Gasteiger partial charge in [-0.25, -0.2) is 9.59 Å². The average Bonchev–Trinajstić information content (AvgIpc) is 2.95. The predicted octanol–water partition coefficient (Wildman–Crippen LogP) is 5.87. The summed E-state index contributed by atoms with van der Waals surface area (Å²) in [5.41, 5.74) is 4.32. The molecule has 0 fully saturated rings. The van der Waals surface area contributed by atoms with Gasteiger partial charge in [-0.1, -0.05) is 29.8 Å². The molecule has 0 saturated heterocycles. The second kappa shape index (κ2) is 9.10. The largest absolute Gasteiger partial charge is 0.462 e. The zero-order valence-electron chi connectivity index (χ0n) is 16.6. The van der Waals surface area contributed by atoms with Crippen LogP contribution in [0, 0.1) is 6.92 Å². The van der Waals surface area contributed by atoms with Gasteiger partial charge >= 0.3 is 11.9 Å². The van der Waals surface area contributed by atoms with Crippen LogP contribution in [0.5, 0.6) is 0 Å². The van der Waals surface area contributed by atoms with Gasteiger partial charge in [-0.05, 0) is 62.2 Å². The fraction of sp³-hybridized carbons (Fsp3) is 0.217. The maximum atomic E-state index is 12.4. The summed E-state index contributed by atoms with van der Waals surface area (Å²) in [5.74, 6) is -0.968. The number of rotatable bonds is 6. The molecule has 3 rings (SSSR count). The maximum absolute atomic E-state index is 12.4. The van der Waals surface area contributed by atoms with Crippen LogP contribution in [0.1, 0.15) is 40.1 Å². The third-order valence-corrected chi connectivity index (χ3v) is 4.31. The van der Waals surface area contributed by atoms with Crippen molar-refractivity contribution < 1.29 is 19.1 Å². The molecule has 29 heavy (non-hydrogen) atoms. The summed E-state index contributed by atoms with van der Waals surface area (Å²) < 4.78 is 10.3. The minimum absolute atomic E-state index is 0.245. The van der Waals surface area contributed by atoms with Crippen molar-refractivity contribution in [2.45, 2.75) is 20.8 Å². The number of ether oxygens (including phenoxy) is 2. The Morgan fingerprint density at radius 1 is 0.724 bits per heavy atom. The third-order valence-electron chi connectivity index (χ3n) is 4.31. The fourth-order valence-corrected chi connectivity index (χ4v) is 2.89. The molecule has 0 aliphatic heterocycles. The number of benzene rings is 1. The molecule has 0 amide bonds. The quantitative estimate of drug-likeness (QED) is 0.390. The lowest BCUT2D eigenvalue weighted by atomic mass is 10.1. The van der Waals surface area contributed by atoms with Gasteiger partial charge < -0.3 is 9.47 Å². The van der Waals surface area contributed by atoms with E-state index in [1.54, 1.807) is 38.1 Å². The summed E-state index contributed by atoms with van der Waals surface area (Å²) in [6, 6.07) is 16.2. The van der Waals surface area contributed by atoms with E-state index in [1.807, 2.05) is 31.2 Å². The molecule has 1 aromatic carbocycles. The van der Waals surface area contributed by atoms with Gasteiger partial charge in [0.15, 0.2) is 0 Å². The van der Waals surface area contributed by atoms with E-state index < -0.39 is 11.9 Å². The van der Waals surface area contributed by atoms with Gasteiger partial charge in [0, 0.05) is 0 Å². The molecule has 0 heterocycles. The second-order valence-electron chi connectivity index (χ2n) is 6.37. The van der Waals surface area contributed by atoms with Gasteiger partial charge in [0.05, 0.1) is 35.7 Å². The van der Waals surface area contributed by atoms with Crippen molar-refractivity contribution in [2.24, 2.45) is 10.2 Å². The van der Waals surface area contributed by atoms with Crippen LogP contribution in [0.25, 0.3) is 11.1 Å². The number of hydrogen-bond acceptors (Lipinski definition) is 6. The smallest absolute Gasteiger partial charge is 0.338 e. The number of azo groups is 1. The lowest BCUT2D eigenvalue weighted by Gasteiger charge is -2.02. The Hall–Kier alpha value is -3.54. The van der Waals surface area contributed by atoms with E-state index in [0.717, 1.165) is 11.3 Å². The molecule has 148 valence electrons. The number of aryl methyl sites for hydroxylation is 1. The zero-order valence-corrected chi connectivity index (χ0v) is 16.6. The topological polar surface area (TPSA) is 77.3 Å². The molecule has 0 N–H and O–H groups in total. The highest BCUT2D eigenvalue weighted by Crippen LogP contribution is 2.34. The molecule has 6 nitrogen and oxygen atoms in total. The van der Waals surface area contributed by atoms with Gasteiger partial charge in [-0.3, -0.25) is 0 Å². The van der Waals surface area contributed by atoms with E-state index >= 15 is 0 Å². The molecule has 0 radical (unpaired) electrons. The summed E-state index contributed by atoms with van der Waals surface area (Å²) in [7, 11) is 0. The average molecular weight is 390 g/mol. The highest BCUT2D eigenvalue weighted by atomic mass is 16.5. The molecule has 0 aromatic heterocycles. The molecular weight excluding hydrogens is 368 g/mol. The molecule has 6 heteroatoms. The van der Waals surface area contributed by atoms with Crippen LogP contribution in [-0.2, 0) is 9.47 Å². The van der Waals surface area contributed by atoms with Crippen molar-refractivity contribution in [3.63, 3.8) is 0 Å². The molecule has 0 saturated carbocycles. The Bertz CT molecular complexity index is 973. The minimum Gasteiger partial charge on any atom is -0.462 e. The Labute approximate surface area is 169 Å². The Balaban J connectivity index is 2.02. The number of fused-ring (bicyclic) bond motifs is 1. The monoisotopic (exact) mass is 390 g/mol. The second-order valence-corrected chi connectivity index (χ2v) is 6.37. The highest BCUT2D eigenvalue weighted by molar-refractivity contribution is 6.08. The van der Waals surface area contributed by atoms with Crippen LogP contribution < -0.4 is 0 Å². The van der Waals surface area contributed by atoms with Gasteiger partial charge in [-0.2, -0.15) is 10.2 Å². The first-order valence-electron chi connectivity index (χ1n) is 9.43. The molecule has 2 aliphatic carbocycles. The summed E-state index contributed by atoms with van der Waals surface area (Å²) in [4.78, 5) is 24.7. The highest BCUT2D eigenvalue weighted by Gasteiger charge is 2.25. The molecule has 0 unspecified atom stereocenters. The van der Waals surface area contributed by atoms with Crippen LogP contribution >= 0.6 is 0 Å². The van der Waals surface area contributed by atoms with E-state index in [4.69, 9.17) is 9.47 Å². The van der Waals surface area contributed by atoms with Crippen LogP contribution in [0.3, 0.4) is 0 Å². The first kappa shape index (κ1) is 20.2. The summed E-state index contributed by atoms with van der Waals surface area (Å²) >= 11 is 0. The molecule has 0 bridgehead atoms. The number of carbonyl (C=O) groups is 2. The molecule has 0 spiro atoms. The first-order chi connectivity index (χ1) is 14.0. The lowest BCUT2D eigenvalue weighted by molar-refractivity contribution is 0.0525. The Morgan fingerprint density at radius 2 is 1.14 bits per heavy atom. The number of esters is 2. The number of carbonyl (C=O) groups excluding carboxylic acids is 2. The van der Waals surface area contributed by atoms with Crippen molar-refractivity contribution in [3.05, 3.63) is 71.3 Å². The van der Waals surface area contributed by atoms with Crippen molar-refractivity contribution in [3.8, 4) is 11.1 Å². The first-order valence-corrected chi connectivity index (χ1v) is 9.43. The molecule has 1 aromatic rings. The lowest BCUT2D eigenvalue weighted by Crippen LogP contribution is -2.05. The predicted molar refractivity (Wildman–Crippen MR) is 110 cm³/mol. The molecule has 2 aliphatic rings. The number of nitrogens with zero attached hydrogens (tertiary/aromatic N) is 2. The van der Waals surface area contributed by atoms with Crippen LogP contribution in [-0.4, -0.2) is 25.2 Å². The fourth-order valence-electron chi connectivity index (χ4n) is 2.89. The van der Waals surface area contributed by atoms with Crippen molar-refractivity contribution in [1.29, 1.82) is 0 Å². The number of hydrogen-bond donors (Lipinski definition) is 0. The standard InChI is InChI=1S/C23H22N2O4/c1-4-28-22(26)20-14-21(23(27)29-5-2)19-13-11-17(10-12-18(19)20)25-24-16-8-6-15(3)7-9-16/h6-14H,4-5H2,1-3H3. The van der Waals surface area contributed by atoms with Gasteiger partial charge in [-0.15, -0.1) is 0 Å². The zero-order chi connectivity index (χ0) is 20.8. The van der Waals surface area contributed by atoms with E-state index in [1.165, 1.54) is 6.07 Å². The summed E-state index contributed by atoms with van der Waals surface area (Å²) in [5, 5.41) is 8.50. The van der Waals surface area contributed by atoms with E-state index in [2.05, 4.69) is 10.2 Å². The van der Waals surface area contributed by atoms with Crippen molar-refractivity contribution >= 4 is 23.3 Å². The van der Waals surface area contributed by atoms with Gasteiger partial charge in [0.2, 0.25) is 0 Å². The molecule has 0 atom stereocenters.